The van der Waals surface area contributed by atoms with Crippen LogP contribution in [0.2, 0.25) is 0 Å². The molecule has 1 aliphatic carbocycles. The van der Waals surface area contributed by atoms with Crippen molar-refractivity contribution in [1.82, 2.24) is 4.90 Å². The SMILES string of the molecule is C=CCO[C@H]1CCCN(C(=O)C[C@H](C(=O)O)C2CCCCC2)C1. The van der Waals surface area contributed by atoms with Crippen molar-refractivity contribution in [1.29, 1.82) is 0 Å². The lowest BCUT2D eigenvalue weighted by Crippen LogP contribution is -2.44. The number of carboxylic acid groups (broad SMARTS) is 1. The van der Waals surface area contributed by atoms with E-state index >= 15 is 0 Å². The van der Waals surface area contributed by atoms with E-state index in [2.05, 4.69) is 6.58 Å². The molecule has 23 heavy (non-hydrogen) atoms. The van der Waals surface area contributed by atoms with Crippen LogP contribution in [0.4, 0.5) is 0 Å². The summed E-state index contributed by atoms with van der Waals surface area (Å²) < 4.78 is 5.65. The van der Waals surface area contributed by atoms with E-state index in [1.54, 1.807) is 11.0 Å². The van der Waals surface area contributed by atoms with Crippen LogP contribution in [0.5, 0.6) is 0 Å². The molecule has 0 aromatic heterocycles. The molecule has 0 aromatic carbocycles. The predicted octanol–water partition coefficient (Wildman–Crippen LogP) is 2.85. The molecule has 1 heterocycles. The summed E-state index contributed by atoms with van der Waals surface area (Å²) in [4.78, 5) is 26.0. The van der Waals surface area contributed by atoms with Crippen molar-refractivity contribution in [3.05, 3.63) is 12.7 Å². The lowest BCUT2D eigenvalue weighted by atomic mass is 9.78. The maximum atomic E-state index is 12.6. The molecule has 5 heteroatoms. The van der Waals surface area contributed by atoms with Crippen LogP contribution in [0.25, 0.3) is 0 Å². The molecular formula is C18H29NO4. The zero-order chi connectivity index (χ0) is 16.7. The number of ether oxygens (including phenoxy) is 1. The van der Waals surface area contributed by atoms with Crippen LogP contribution in [-0.2, 0) is 14.3 Å². The summed E-state index contributed by atoms with van der Waals surface area (Å²) in [5.41, 5.74) is 0. The second-order valence-corrected chi connectivity index (χ2v) is 6.77. The van der Waals surface area contributed by atoms with E-state index in [1.165, 1.54) is 6.42 Å². The number of rotatable bonds is 7. The van der Waals surface area contributed by atoms with E-state index in [-0.39, 0.29) is 24.3 Å². The zero-order valence-electron chi connectivity index (χ0n) is 13.9. The highest BCUT2D eigenvalue weighted by molar-refractivity contribution is 5.82. The minimum Gasteiger partial charge on any atom is -0.481 e. The van der Waals surface area contributed by atoms with Gasteiger partial charge in [0.15, 0.2) is 0 Å². The molecule has 0 spiro atoms. The van der Waals surface area contributed by atoms with Crippen molar-refractivity contribution < 1.29 is 19.4 Å². The first-order valence-electron chi connectivity index (χ1n) is 8.85. The van der Waals surface area contributed by atoms with E-state index < -0.39 is 11.9 Å². The van der Waals surface area contributed by atoms with Gasteiger partial charge >= 0.3 is 5.97 Å². The number of carboxylic acids is 1. The van der Waals surface area contributed by atoms with E-state index in [0.717, 1.165) is 38.5 Å². The van der Waals surface area contributed by atoms with Crippen LogP contribution in [0.3, 0.4) is 0 Å². The predicted molar refractivity (Wildman–Crippen MR) is 88.1 cm³/mol. The molecule has 1 saturated carbocycles. The molecule has 2 rings (SSSR count). The Kier molecular flexibility index (Phi) is 7.09. The largest absolute Gasteiger partial charge is 0.481 e. The van der Waals surface area contributed by atoms with E-state index in [9.17, 15) is 14.7 Å². The van der Waals surface area contributed by atoms with Gasteiger partial charge in [-0.3, -0.25) is 9.59 Å². The summed E-state index contributed by atoms with van der Waals surface area (Å²) >= 11 is 0. The quantitative estimate of drug-likeness (QED) is 0.732. The van der Waals surface area contributed by atoms with Gasteiger partial charge in [-0.05, 0) is 31.6 Å². The van der Waals surface area contributed by atoms with Crippen molar-refractivity contribution in [2.45, 2.75) is 57.5 Å². The summed E-state index contributed by atoms with van der Waals surface area (Å²) in [6, 6.07) is 0. The normalized spacial score (nSPS) is 24.2. The summed E-state index contributed by atoms with van der Waals surface area (Å²) in [6.45, 7) is 5.42. The first kappa shape index (κ1) is 18.0. The Labute approximate surface area is 138 Å². The molecule has 2 atom stereocenters. The molecule has 5 nitrogen and oxygen atoms in total. The number of amides is 1. The molecule has 1 saturated heterocycles. The smallest absolute Gasteiger partial charge is 0.307 e. The number of nitrogens with zero attached hydrogens (tertiary/aromatic N) is 1. The van der Waals surface area contributed by atoms with Crippen molar-refractivity contribution in [2.75, 3.05) is 19.7 Å². The molecule has 0 radical (unpaired) electrons. The highest BCUT2D eigenvalue weighted by Gasteiger charge is 2.33. The number of piperidine rings is 1. The van der Waals surface area contributed by atoms with Crippen molar-refractivity contribution in [3.8, 4) is 0 Å². The number of hydrogen-bond donors (Lipinski definition) is 1. The maximum Gasteiger partial charge on any atom is 0.307 e. The summed E-state index contributed by atoms with van der Waals surface area (Å²) in [5, 5.41) is 9.53. The minimum atomic E-state index is -0.818. The Bertz CT molecular complexity index is 417. The molecule has 0 bridgehead atoms. The summed E-state index contributed by atoms with van der Waals surface area (Å²) in [5.74, 6) is -1.23. The van der Waals surface area contributed by atoms with E-state index in [1.807, 2.05) is 0 Å². The number of likely N-dealkylation sites (tertiary alicyclic amines) is 1. The second kappa shape index (κ2) is 9.06. The van der Waals surface area contributed by atoms with Gasteiger partial charge in [-0.1, -0.05) is 25.3 Å². The average molecular weight is 323 g/mol. The third kappa shape index (κ3) is 5.34. The molecule has 1 N–H and O–H groups in total. The standard InChI is InChI=1S/C18H29NO4/c1-2-11-23-15-9-6-10-19(13-15)17(20)12-16(18(21)22)14-7-4-3-5-8-14/h2,14-16H,1,3-13H2,(H,21,22)/t15-,16-/m0/s1. The minimum absolute atomic E-state index is 0.0325. The number of aliphatic carboxylic acids is 1. The molecule has 0 aromatic rings. The number of carbonyl (C=O) groups is 2. The Morgan fingerprint density at radius 1 is 1.22 bits per heavy atom. The fourth-order valence-electron chi connectivity index (χ4n) is 3.81. The number of carbonyl (C=O) groups excluding carboxylic acids is 1. The summed E-state index contributed by atoms with van der Waals surface area (Å²) in [6.07, 6.45) is 8.99. The fourth-order valence-corrected chi connectivity index (χ4v) is 3.81. The van der Waals surface area contributed by atoms with Crippen LogP contribution in [0, 0.1) is 11.8 Å². The van der Waals surface area contributed by atoms with Gasteiger partial charge in [-0.2, -0.15) is 0 Å². The molecule has 130 valence electrons. The third-order valence-corrected chi connectivity index (χ3v) is 5.11. The van der Waals surface area contributed by atoms with E-state index in [0.29, 0.717) is 19.7 Å². The lowest BCUT2D eigenvalue weighted by molar-refractivity contribution is -0.149. The Morgan fingerprint density at radius 2 is 1.96 bits per heavy atom. The topological polar surface area (TPSA) is 66.8 Å². The van der Waals surface area contributed by atoms with Gasteiger partial charge in [0.1, 0.15) is 0 Å². The highest BCUT2D eigenvalue weighted by Crippen LogP contribution is 2.32. The molecule has 2 aliphatic rings. The van der Waals surface area contributed by atoms with Gasteiger partial charge in [0, 0.05) is 19.5 Å². The van der Waals surface area contributed by atoms with Crippen LogP contribution in [-0.4, -0.2) is 47.7 Å². The highest BCUT2D eigenvalue weighted by atomic mass is 16.5. The van der Waals surface area contributed by atoms with Gasteiger partial charge in [0.2, 0.25) is 5.91 Å². The number of hydrogen-bond acceptors (Lipinski definition) is 3. The molecule has 2 fully saturated rings. The Balaban J connectivity index is 1.89. The Hall–Kier alpha value is -1.36. The monoisotopic (exact) mass is 323 g/mol. The first-order valence-corrected chi connectivity index (χ1v) is 8.85. The first-order chi connectivity index (χ1) is 11.1. The van der Waals surface area contributed by atoms with Crippen LogP contribution in [0.1, 0.15) is 51.4 Å². The maximum absolute atomic E-state index is 12.6. The summed E-state index contributed by atoms with van der Waals surface area (Å²) in [7, 11) is 0. The average Bonchev–Trinajstić information content (AvgIpc) is 2.58. The van der Waals surface area contributed by atoms with E-state index in [4.69, 9.17) is 4.74 Å². The van der Waals surface area contributed by atoms with Crippen LogP contribution >= 0.6 is 0 Å². The van der Waals surface area contributed by atoms with Crippen molar-refractivity contribution in [3.63, 3.8) is 0 Å². The van der Waals surface area contributed by atoms with Gasteiger partial charge in [0.25, 0.3) is 0 Å². The zero-order valence-corrected chi connectivity index (χ0v) is 13.9. The lowest BCUT2D eigenvalue weighted by Gasteiger charge is -2.34. The van der Waals surface area contributed by atoms with Gasteiger partial charge in [-0.25, -0.2) is 0 Å². The second-order valence-electron chi connectivity index (χ2n) is 6.77. The van der Waals surface area contributed by atoms with Crippen molar-refractivity contribution in [2.24, 2.45) is 11.8 Å². The molecule has 0 unspecified atom stereocenters. The van der Waals surface area contributed by atoms with Gasteiger partial charge in [-0.15, -0.1) is 6.58 Å². The van der Waals surface area contributed by atoms with Crippen molar-refractivity contribution >= 4 is 11.9 Å². The fraction of sp³-hybridized carbons (Fsp3) is 0.778. The third-order valence-electron chi connectivity index (χ3n) is 5.11. The van der Waals surface area contributed by atoms with Gasteiger partial charge < -0.3 is 14.7 Å². The molecular weight excluding hydrogens is 294 g/mol. The Morgan fingerprint density at radius 3 is 2.61 bits per heavy atom. The van der Waals surface area contributed by atoms with Crippen LogP contribution in [0.15, 0.2) is 12.7 Å². The van der Waals surface area contributed by atoms with Gasteiger partial charge in [0.05, 0.1) is 18.6 Å². The molecule has 1 amide bonds. The molecule has 1 aliphatic heterocycles. The van der Waals surface area contributed by atoms with Crippen LogP contribution < -0.4 is 0 Å².